The van der Waals surface area contributed by atoms with Crippen LogP contribution in [0.2, 0.25) is 0 Å². The number of piperidine rings is 1. The number of nitrogens with one attached hydrogen (secondary N) is 1. The molecule has 32 heavy (non-hydrogen) atoms. The Bertz CT molecular complexity index is 1090. The molecule has 1 aliphatic rings. The fourth-order valence-electron chi connectivity index (χ4n) is 4.05. The van der Waals surface area contributed by atoms with Gasteiger partial charge in [0.2, 0.25) is 0 Å². The maximum Gasteiger partial charge on any atom is 0.289 e. The van der Waals surface area contributed by atoms with Crippen LogP contribution in [0.3, 0.4) is 0 Å². The van der Waals surface area contributed by atoms with Crippen molar-refractivity contribution in [2.24, 2.45) is 0 Å². The predicted octanol–water partition coefficient (Wildman–Crippen LogP) is 3.94. The molecule has 0 spiro atoms. The smallest absolute Gasteiger partial charge is 0.289 e. The normalized spacial score (nSPS) is 14.2. The van der Waals surface area contributed by atoms with E-state index in [1.54, 1.807) is 24.1 Å². The van der Waals surface area contributed by atoms with Crippen molar-refractivity contribution in [2.75, 3.05) is 20.2 Å². The number of hydrogen-bond acceptors (Lipinski definition) is 5. The first-order valence-electron chi connectivity index (χ1n) is 10.8. The largest absolute Gasteiger partial charge is 0.497 e. The standard InChI is InChI=1S/C25H27N3O4/c1-17-8-9-21(24(29)26-16-18-5-3-6-20(15-18)31-2)23(27-17)19-10-12-28(13-11-19)25(30)22-7-4-14-32-22/h3-9,14-15,19H,10-13,16H2,1-2H3,(H,26,29). The second-order valence-electron chi connectivity index (χ2n) is 7.96. The van der Waals surface area contributed by atoms with E-state index in [0.717, 1.165) is 35.5 Å². The summed E-state index contributed by atoms with van der Waals surface area (Å²) in [6.07, 6.45) is 3.01. The van der Waals surface area contributed by atoms with Crippen molar-refractivity contribution in [1.82, 2.24) is 15.2 Å². The maximum atomic E-state index is 13.0. The van der Waals surface area contributed by atoms with Crippen LogP contribution in [-0.2, 0) is 6.54 Å². The minimum atomic E-state index is -0.149. The van der Waals surface area contributed by atoms with Crippen LogP contribution in [0.15, 0.2) is 59.2 Å². The summed E-state index contributed by atoms with van der Waals surface area (Å²) in [6, 6.07) is 14.7. The average molecular weight is 434 g/mol. The van der Waals surface area contributed by atoms with Crippen molar-refractivity contribution in [1.29, 1.82) is 0 Å². The number of furan rings is 1. The van der Waals surface area contributed by atoms with Crippen LogP contribution in [-0.4, -0.2) is 41.9 Å². The van der Waals surface area contributed by atoms with E-state index in [2.05, 4.69) is 5.32 Å². The molecule has 1 N–H and O–H groups in total. The van der Waals surface area contributed by atoms with E-state index in [9.17, 15) is 9.59 Å². The molecule has 1 aromatic carbocycles. The lowest BCUT2D eigenvalue weighted by molar-refractivity contribution is 0.0678. The van der Waals surface area contributed by atoms with Gasteiger partial charge in [-0.15, -0.1) is 0 Å². The molecule has 0 atom stereocenters. The number of likely N-dealkylation sites (tertiary alicyclic amines) is 1. The van der Waals surface area contributed by atoms with Gasteiger partial charge in [-0.25, -0.2) is 0 Å². The number of aromatic nitrogens is 1. The Morgan fingerprint density at radius 2 is 1.97 bits per heavy atom. The fraction of sp³-hybridized carbons (Fsp3) is 0.320. The third kappa shape index (κ3) is 4.82. The summed E-state index contributed by atoms with van der Waals surface area (Å²) >= 11 is 0. The molecule has 1 fully saturated rings. The molecule has 2 amide bonds. The zero-order valence-corrected chi connectivity index (χ0v) is 18.3. The van der Waals surface area contributed by atoms with E-state index in [1.807, 2.05) is 43.3 Å². The van der Waals surface area contributed by atoms with Crippen LogP contribution >= 0.6 is 0 Å². The number of hydrogen-bond donors (Lipinski definition) is 1. The van der Waals surface area contributed by atoms with Gasteiger partial charge in [0.1, 0.15) is 5.75 Å². The number of aryl methyl sites for hydroxylation is 1. The van der Waals surface area contributed by atoms with Crippen LogP contribution in [0.1, 0.15) is 56.6 Å². The predicted molar refractivity (Wildman–Crippen MR) is 120 cm³/mol. The summed E-state index contributed by atoms with van der Waals surface area (Å²) in [5.74, 6) is 0.986. The first kappa shape index (κ1) is 21.6. The summed E-state index contributed by atoms with van der Waals surface area (Å²) in [4.78, 5) is 32.1. The van der Waals surface area contributed by atoms with E-state index >= 15 is 0 Å². The lowest BCUT2D eigenvalue weighted by Gasteiger charge is -2.32. The summed E-state index contributed by atoms with van der Waals surface area (Å²) < 4.78 is 10.5. The lowest BCUT2D eigenvalue weighted by Crippen LogP contribution is -2.38. The summed E-state index contributed by atoms with van der Waals surface area (Å²) in [6.45, 7) is 3.53. The van der Waals surface area contributed by atoms with E-state index in [0.29, 0.717) is 31.0 Å². The average Bonchev–Trinajstić information content (AvgIpc) is 3.37. The molecule has 0 radical (unpaired) electrons. The van der Waals surface area contributed by atoms with Gasteiger partial charge in [-0.05, 0) is 61.7 Å². The molecule has 0 aliphatic carbocycles. The summed E-state index contributed by atoms with van der Waals surface area (Å²) in [5.41, 5.74) is 3.23. The molecule has 7 nitrogen and oxygen atoms in total. The number of ether oxygens (including phenoxy) is 1. The Kier molecular flexibility index (Phi) is 6.54. The Labute approximate surface area is 187 Å². The van der Waals surface area contributed by atoms with Gasteiger partial charge in [-0.3, -0.25) is 14.6 Å². The molecule has 1 aliphatic heterocycles. The minimum Gasteiger partial charge on any atom is -0.497 e. The topological polar surface area (TPSA) is 84.7 Å². The Morgan fingerprint density at radius 3 is 2.69 bits per heavy atom. The SMILES string of the molecule is COc1cccc(CNC(=O)c2ccc(C)nc2C2CCN(C(=O)c3ccco3)CC2)c1. The van der Waals surface area contributed by atoms with Gasteiger partial charge >= 0.3 is 0 Å². The highest BCUT2D eigenvalue weighted by Crippen LogP contribution is 2.30. The first-order valence-corrected chi connectivity index (χ1v) is 10.8. The van der Waals surface area contributed by atoms with Gasteiger partial charge in [-0.2, -0.15) is 0 Å². The summed E-state index contributed by atoms with van der Waals surface area (Å²) in [5, 5.41) is 3.00. The van der Waals surface area contributed by atoms with Gasteiger partial charge < -0.3 is 19.4 Å². The molecular formula is C25H27N3O4. The van der Waals surface area contributed by atoms with Gasteiger partial charge in [0.15, 0.2) is 5.76 Å². The number of methoxy groups -OCH3 is 1. The van der Waals surface area contributed by atoms with Crippen LogP contribution in [0.4, 0.5) is 0 Å². The maximum absolute atomic E-state index is 13.0. The molecule has 1 saturated heterocycles. The molecule has 4 rings (SSSR count). The number of amides is 2. The molecule has 7 heteroatoms. The van der Waals surface area contributed by atoms with Crippen molar-refractivity contribution < 1.29 is 18.7 Å². The summed E-state index contributed by atoms with van der Waals surface area (Å²) in [7, 11) is 1.62. The van der Waals surface area contributed by atoms with Crippen molar-refractivity contribution in [3.63, 3.8) is 0 Å². The van der Waals surface area contributed by atoms with Crippen LogP contribution < -0.4 is 10.1 Å². The van der Waals surface area contributed by atoms with E-state index < -0.39 is 0 Å². The molecule has 0 saturated carbocycles. The second-order valence-corrected chi connectivity index (χ2v) is 7.96. The molecular weight excluding hydrogens is 406 g/mol. The molecule has 3 aromatic rings. The highest BCUT2D eigenvalue weighted by atomic mass is 16.5. The van der Waals surface area contributed by atoms with E-state index in [-0.39, 0.29) is 17.7 Å². The van der Waals surface area contributed by atoms with E-state index in [4.69, 9.17) is 14.1 Å². The number of carbonyl (C=O) groups excluding carboxylic acids is 2. The molecule has 0 bridgehead atoms. The number of carbonyl (C=O) groups is 2. The molecule has 166 valence electrons. The third-order valence-electron chi connectivity index (χ3n) is 5.80. The van der Waals surface area contributed by atoms with Crippen molar-refractivity contribution >= 4 is 11.8 Å². The Balaban J connectivity index is 1.44. The highest BCUT2D eigenvalue weighted by Gasteiger charge is 2.29. The molecule has 0 unspecified atom stereocenters. The number of pyridine rings is 1. The van der Waals surface area contributed by atoms with Crippen molar-refractivity contribution in [3.8, 4) is 5.75 Å². The highest BCUT2D eigenvalue weighted by molar-refractivity contribution is 5.95. The number of rotatable bonds is 6. The van der Waals surface area contributed by atoms with Crippen LogP contribution in [0.5, 0.6) is 5.75 Å². The van der Waals surface area contributed by atoms with Crippen molar-refractivity contribution in [3.05, 3.63) is 83.1 Å². The quantitative estimate of drug-likeness (QED) is 0.637. The van der Waals surface area contributed by atoms with Gasteiger partial charge in [0, 0.05) is 31.2 Å². The molecule has 2 aromatic heterocycles. The van der Waals surface area contributed by atoms with Gasteiger partial charge in [0.25, 0.3) is 11.8 Å². The number of benzene rings is 1. The van der Waals surface area contributed by atoms with Crippen LogP contribution in [0.25, 0.3) is 0 Å². The number of nitrogens with zero attached hydrogens (tertiary/aromatic N) is 2. The van der Waals surface area contributed by atoms with Crippen LogP contribution in [0, 0.1) is 6.92 Å². The van der Waals surface area contributed by atoms with E-state index in [1.165, 1.54) is 6.26 Å². The van der Waals surface area contributed by atoms with Gasteiger partial charge in [-0.1, -0.05) is 12.1 Å². The minimum absolute atomic E-state index is 0.0955. The fourth-order valence-corrected chi connectivity index (χ4v) is 4.05. The molecule has 3 heterocycles. The second kappa shape index (κ2) is 9.68. The monoisotopic (exact) mass is 433 g/mol. The third-order valence-corrected chi connectivity index (χ3v) is 5.80. The van der Waals surface area contributed by atoms with Crippen molar-refractivity contribution in [2.45, 2.75) is 32.2 Å². The van der Waals surface area contributed by atoms with Gasteiger partial charge in [0.05, 0.1) is 24.6 Å². The Hall–Kier alpha value is -3.61. The Morgan fingerprint density at radius 1 is 1.16 bits per heavy atom. The zero-order valence-electron chi connectivity index (χ0n) is 18.3. The lowest BCUT2D eigenvalue weighted by atomic mass is 9.89. The first-order chi connectivity index (χ1) is 15.5. The zero-order chi connectivity index (χ0) is 22.5.